The van der Waals surface area contributed by atoms with Gasteiger partial charge in [-0.15, -0.1) is 0 Å². The van der Waals surface area contributed by atoms with Crippen molar-refractivity contribution >= 4 is 5.97 Å². The van der Waals surface area contributed by atoms with Crippen LogP contribution >= 0.6 is 0 Å². The third kappa shape index (κ3) is 5.03. The fourth-order valence-corrected chi connectivity index (χ4v) is 5.55. The Morgan fingerprint density at radius 3 is 2.43 bits per heavy atom. The SMILES string of the molecule is COCCOc1cc(C)c(-c2cccc(COc3ccc4c(c3)OC3(CC3)[C@H]4CC(=O)O)c2C)c(C)c1. The summed E-state index contributed by atoms with van der Waals surface area (Å²) < 4.78 is 23.3. The molecule has 1 fully saturated rings. The van der Waals surface area contributed by atoms with Crippen LogP contribution in [0.25, 0.3) is 11.1 Å². The third-order valence-corrected chi connectivity index (χ3v) is 7.60. The van der Waals surface area contributed by atoms with E-state index in [1.165, 1.54) is 16.7 Å². The molecule has 1 atom stereocenters. The minimum absolute atomic E-state index is 0.0868. The van der Waals surface area contributed by atoms with Crippen molar-refractivity contribution in [3.05, 3.63) is 76.3 Å². The monoisotopic (exact) mass is 502 g/mol. The Morgan fingerprint density at radius 2 is 1.76 bits per heavy atom. The molecule has 1 heterocycles. The van der Waals surface area contributed by atoms with Gasteiger partial charge < -0.3 is 24.1 Å². The zero-order valence-corrected chi connectivity index (χ0v) is 21.9. The summed E-state index contributed by atoms with van der Waals surface area (Å²) in [5, 5.41) is 9.36. The lowest BCUT2D eigenvalue weighted by Gasteiger charge is -2.18. The first kappa shape index (κ1) is 25.2. The maximum Gasteiger partial charge on any atom is 0.304 e. The molecule has 0 radical (unpaired) electrons. The molecule has 1 aliphatic carbocycles. The van der Waals surface area contributed by atoms with E-state index in [-0.39, 0.29) is 17.9 Å². The summed E-state index contributed by atoms with van der Waals surface area (Å²) in [5.74, 6) is 1.45. The van der Waals surface area contributed by atoms with Gasteiger partial charge in [0.25, 0.3) is 0 Å². The van der Waals surface area contributed by atoms with Crippen LogP contribution in [0.15, 0.2) is 48.5 Å². The first-order valence-electron chi connectivity index (χ1n) is 12.8. The van der Waals surface area contributed by atoms with Gasteiger partial charge in [-0.2, -0.15) is 0 Å². The molecule has 194 valence electrons. The predicted octanol–water partition coefficient (Wildman–Crippen LogP) is 6.37. The number of aryl methyl sites for hydroxylation is 2. The third-order valence-electron chi connectivity index (χ3n) is 7.60. The number of rotatable bonds is 10. The summed E-state index contributed by atoms with van der Waals surface area (Å²) in [7, 11) is 1.67. The molecular formula is C31H34O6. The Morgan fingerprint density at radius 1 is 1.00 bits per heavy atom. The van der Waals surface area contributed by atoms with E-state index in [9.17, 15) is 9.90 Å². The summed E-state index contributed by atoms with van der Waals surface area (Å²) in [6.45, 7) is 7.87. The highest BCUT2D eigenvalue weighted by Crippen LogP contribution is 2.59. The van der Waals surface area contributed by atoms with Gasteiger partial charge in [-0.05, 0) is 85.2 Å². The summed E-state index contributed by atoms with van der Waals surface area (Å²) in [4.78, 5) is 11.4. The second kappa shape index (κ2) is 10.1. The van der Waals surface area contributed by atoms with E-state index in [4.69, 9.17) is 18.9 Å². The maximum absolute atomic E-state index is 11.4. The minimum atomic E-state index is -0.790. The van der Waals surface area contributed by atoms with Crippen LogP contribution in [0.3, 0.4) is 0 Å². The molecule has 0 unspecified atom stereocenters. The highest BCUT2D eigenvalue weighted by atomic mass is 16.5. The summed E-state index contributed by atoms with van der Waals surface area (Å²) in [6, 6.07) is 16.3. The van der Waals surface area contributed by atoms with Crippen molar-refractivity contribution < 1.29 is 28.8 Å². The molecule has 3 aromatic rings. The number of methoxy groups -OCH3 is 1. The molecule has 1 aliphatic heterocycles. The van der Waals surface area contributed by atoms with Crippen LogP contribution in [-0.2, 0) is 16.1 Å². The van der Waals surface area contributed by atoms with Gasteiger partial charge in [-0.3, -0.25) is 4.79 Å². The fourth-order valence-electron chi connectivity index (χ4n) is 5.55. The van der Waals surface area contributed by atoms with Crippen molar-refractivity contribution in [2.75, 3.05) is 20.3 Å². The number of aliphatic carboxylic acids is 1. The first-order chi connectivity index (χ1) is 17.8. The van der Waals surface area contributed by atoms with Gasteiger partial charge in [0.2, 0.25) is 0 Å². The van der Waals surface area contributed by atoms with Gasteiger partial charge >= 0.3 is 5.97 Å². The average Bonchev–Trinajstić information content (AvgIpc) is 3.56. The number of carboxylic acids is 1. The Hall–Kier alpha value is -3.51. The zero-order chi connectivity index (χ0) is 26.2. The lowest BCUT2D eigenvalue weighted by Crippen LogP contribution is -2.22. The molecule has 1 spiro atoms. The van der Waals surface area contributed by atoms with Gasteiger partial charge in [0.05, 0.1) is 13.0 Å². The highest BCUT2D eigenvalue weighted by molar-refractivity contribution is 5.75. The van der Waals surface area contributed by atoms with Crippen molar-refractivity contribution in [3.8, 4) is 28.4 Å². The number of carboxylic acid groups (broad SMARTS) is 1. The number of hydrogen-bond donors (Lipinski definition) is 1. The quantitative estimate of drug-likeness (QED) is 0.325. The molecule has 2 aliphatic rings. The van der Waals surface area contributed by atoms with Crippen LogP contribution in [0.2, 0.25) is 0 Å². The molecule has 6 nitrogen and oxygen atoms in total. The topological polar surface area (TPSA) is 74.2 Å². The van der Waals surface area contributed by atoms with E-state index in [2.05, 4.69) is 51.1 Å². The molecule has 0 amide bonds. The van der Waals surface area contributed by atoms with Crippen LogP contribution in [0, 0.1) is 20.8 Å². The Bertz CT molecular complexity index is 1300. The van der Waals surface area contributed by atoms with Gasteiger partial charge in [-0.1, -0.05) is 24.3 Å². The van der Waals surface area contributed by atoms with Crippen LogP contribution in [0.5, 0.6) is 17.2 Å². The standard InChI is InChI=1S/C31H34O6/c1-19-14-24(35-13-12-34-4)15-20(2)30(19)25-7-5-6-22(21(25)3)18-36-23-8-9-26-27(17-29(32)33)31(10-11-31)37-28(26)16-23/h5-9,14-16,27H,10-13,17-18H2,1-4H3,(H,32,33)/t27-/m0/s1. The predicted molar refractivity (Wildman–Crippen MR) is 142 cm³/mol. The van der Waals surface area contributed by atoms with E-state index in [1.807, 2.05) is 18.2 Å². The Labute approximate surface area is 218 Å². The van der Waals surface area contributed by atoms with E-state index in [0.29, 0.717) is 19.8 Å². The molecule has 6 heteroatoms. The normalized spacial score (nSPS) is 16.8. The molecule has 3 aromatic carbocycles. The van der Waals surface area contributed by atoms with Gasteiger partial charge in [0, 0.05) is 24.7 Å². The zero-order valence-electron chi connectivity index (χ0n) is 21.9. The van der Waals surface area contributed by atoms with E-state index in [1.54, 1.807) is 7.11 Å². The molecule has 0 saturated heterocycles. The summed E-state index contributed by atoms with van der Waals surface area (Å²) in [5.41, 5.74) is 7.66. The van der Waals surface area contributed by atoms with Gasteiger partial charge in [-0.25, -0.2) is 0 Å². The second-order valence-corrected chi connectivity index (χ2v) is 10.2. The van der Waals surface area contributed by atoms with Crippen molar-refractivity contribution in [2.45, 2.75) is 58.2 Å². The molecule has 0 bridgehead atoms. The average molecular weight is 503 g/mol. The van der Waals surface area contributed by atoms with Crippen LogP contribution in [0.1, 0.15) is 53.0 Å². The van der Waals surface area contributed by atoms with E-state index >= 15 is 0 Å². The number of benzene rings is 3. The number of carbonyl (C=O) groups is 1. The summed E-state index contributed by atoms with van der Waals surface area (Å²) >= 11 is 0. The van der Waals surface area contributed by atoms with Gasteiger partial charge in [0.15, 0.2) is 0 Å². The minimum Gasteiger partial charge on any atom is -0.491 e. The molecule has 0 aromatic heterocycles. The van der Waals surface area contributed by atoms with Crippen LogP contribution < -0.4 is 14.2 Å². The number of fused-ring (bicyclic) bond motifs is 1. The van der Waals surface area contributed by atoms with Crippen molar-refractivity contribution in [1.29, 1.82) is 0 Å². The molecule has 5 rings (SSSR count). The number of hydrogen-bond acceptors (Lipinski definition) is 5. The molecule has 1 N–H and O–H groups in total. The van der Waals surface area contributed by atoms with Gasteiger partial charge in [0.1, 0.15) is 36.1 Å². The molecular weight excluding hydrogens is 468 g/mol. The first-order valence-corrected chi connectivity index (χ1v) is 12.8. The number of ether oxygens (including phenoxy) is 4. The maximum atomic E-state index is 11.4. The largest absolute Gasteiger partial charge is 0.491 e. The lowest BCUT2D eigenvalue weighted by molar-refractivity contribution is -0.138. The Kier molecular flexibility index (Phi) is 6.86. The second-order valence-electron chi connectivity index (χ2n) is 10.2. The van der Waals surface area contributed by atoms with Crippen molar-refractivity contribution in [2.24, 2.45) is 0 Å². The summed E-state index contributed by atoms with van der Waals surface area (Å²) in [6.07, 6.45) is 1.90. The highest BCUT2D eigenvalue weighted by Gasteiger charge is 2.57. The van der Waals surface area contributed by atoms with E-state index in [0.717, 1.165) is 52.3 Å². The smallest absolute Gasteiger partial charge is 0.304 e. The van der Waals surface area contributed by atoms with Crippen LogP contribution in [0.4, 0.5) is 0 Å². The van der Waals surface area contributed by atoms with Crippen LogP contribution in [-0.4, -0.2) is 37.0 Å². The molecule has 37 heavy (non-hydrogen) atoms. The molecule has 1 saturated carbocycles. The van der Waals surface area contributed by atoms with Crippen molar-refractivity contribution in [3.63, 3.8) is 0 Å². The van der Waals surface area contributed by atoms with Crippen molar-refractivity contribution in [1.82, 2.24) is 0 Å². The van der Waals surface area contributed by atoms with E-state index < -0.39 is 5.97 Å². The lowest BCUT2D eigenvalue weighted by atomic mass is 9.90. The Balaban J connectivity index is 1.33. The fraction of sp³-hybridized carbons (Fsp3) is 0.387.